The van der Waals surface area contributed by atoms with Crippen LogP contribution in [0.15, 0.2) is 36.9 Å². The number of benzene rings is 1. The molecule has 2 rings (SSSR count). The van der Waals surface area contributed by atoms with E-state index in [0.29, 0.717) is 17.9 Å². The lowest BCUT2D eigenvalue weighted by Gasteiger charge is -2.33. The topological polar surface area (TPSA) is 90.9 Å². The second-order valence-corrected chi connectivity index (χ2v) is 6.19. The maximum atomic E-state index is 12.8. The van der Waals surface area contributed by atoms with E-state index in [-0.39, 0.29) is 31.8 Å². The van der Waals surface area contributed by atoms with E-state index in [0.717, 1.165) is 0 Å². The summed E-state index contributed by atoms with van der Waals surface area (Å²) in [6.07, 6.45) is 2.35. The second kappa shape index (κ2) is 9.21. The van der Waals surface area contributed by atoms with E-state index < -0.39 is 23.4 Å². The van der Waals surface area contributed by atoms with Gasteiger partial charge in [-0.05, 0) is 44.0 Å². The van der Waals surface area contributed by atoms with Gasteiger partial charge in [-0.2, -0.15) is 0 Å². The normalized spacial score (nSPS) is 19.9. The molecule has 0 aliphatic heterocycles. The number of hydrogen-bond donors (Lipinski definition) is 1. The fourth-order valence-corrected chi connectivity index (χ4v) is 3.26. The van der Waals surface area contributed by atoms with Gasteiger partial charge < -0.3 is 19.5 Å². The minimum Gasteiger partial charge on any atom is -0.497 e. The lowest BCUT2D eigenvalue weighted by atomic mass is 9.77. The molecule has 1 fully saturated rings. The first-order valence-corrected chi connectivity index (χ1v) is 8.88. The molecule has 0 amide bonds. The summed E-state index contributed by atoms with van der Waals surface area (Å²) in [7, 11) is 1.55. The van der Waals surface area contributed by atoms with Gasteiger partial charge in [0.15, 0.2) is 11.2 Å². The van der Waals surface area contributed by atoms with Crippen molar-refractivity contribution in [3.05, 3.63) is 36.9 Å². The summed E-state index contributed by atoms with van der Waals surface area (Å²) >= 11 is 0. The summed E-state index contributed by atoms with van der Waals surface area (Å²) < 4.78 is 15.5. The van der Waals surface area contributed by atoms with Gasteiger partial charge in [0.25, 0.3) is 0 Å². The van der Waals surface area contributed by atoms with E-state index in [1.165, 1.54) is 6.08 Å². The van der Waals surface area contributed by atoms with Crippen molar-refractivity contribution in [2.45, 2.75) is 32.2 Å². The van der Waals surface area contributed by atoms with Crippen LogP contribution < -0.4 is 10.1 Å². The van der Waals surface area contributed by atoms with Gasteiger partial charge in [-0.1, -0.05) is 12.7 Å². The summed E-state index contributed by atoms with van der Waals surface area (Å²) in [6.45, 7) is 5.28. The number of nitrogens with one attached hydrogen (secondary N) is 1. The minimum atomic E-state index is -1.62. The highest BCUT2D eigenvalue weighted by atomic mass is 16.5. The molecule has 0 saturated heterocycles. The lowest BCUT2D eigenvalue weighted by molar-refractivity contribution is -0.166. The molecular formula is C20H25NO6. The Labute approximate surface area is 158 Å². The molecule has 27 heavy (non-hydrogen) atoms. The van der Waals surface area contributed by atoms with E-state index in [9.17, 15) is 14.4 Å². The van der Waals surface area contributed by atoms with Crippen LogP contribution in [-0.2, 0) is 23.9 Å². The standard InChI is InChI=1S/C20H25NO6/c1-4-13-27-19(24)20(12-6-7-16(20)22)17(18(23)26-5-2)21-14-8-10-15(25-3)11-9-14/h4,8-11,17,21H,1,5-7,12-13H2,2-3H3/t17-,20-/m0/s1. The molecular weight excluding hydrogens is 350 g/mol. The van der Waals surface area contributed by atoms with Gasteiger partial charge >= 0.3 is 11.9 Å². The Balaban J connectivity index is 2.41. The SMILES string of the molecule is C=CCOC(=O)[C@@]1([C@@H](Nc2ccc(OC)cc2)C(=O)OCC)CCCC1=O. The molecule has 0 spiro atoms. The molecule has 1 aliphatic carbocycles. The average molecular weight is 375 g/mol. The van der Waals surface area contributed by atoms with Crippen LogP contribution in [0, 0.1) is 5.41 Å². The van der Waals surface area contributed by atoms with Crippen LogP contribution in [0.1, 0.15) is 26.2 Å². The number of Topliss-reactive ketones (excluding diaryl/α,β-unsaturated/α-hetero) is 1. The lowest BCUT2D eigenvalue weighted by Crippen LogP contribution is -2.55. The monoisotopic (exact) mass is 375 g/mol. The predicted octanol–water partition coefficient (Wildman–Crippen LogP) is 2.51. The minimum absolute atomic E-state index is 0.0358. The smallest absolute Gasteiger partial charge is 0.330 e. The van der Waals surface area contributed by atoms with E-state index in [4.69, 9.17) is 14.2 Å². The van der Waals surface area contributed by atoms with Crippen molar-refractivity contribution in [2.24, 2.45) is 5.41 Å². The van der Waals surface area contributed by atoms with E-state index in [2.05, 4.69) is 11.9 Å². The zero-order valence-electron chi connectivity index (χ0n) is 15.7. The van der Waals surface area contributed by atoms with Crippen molar-refractivity contribution in [3.8, 4) is 5.75 Å². The highest BCUT2D eigenvalue weighted by molar-refractivity contribution is 6.10. The number of rotatable bonds is 9. The second-order valence-electron chi connectivity index (χ2n) is 6.19. The summed E-state index contributed by atoms with van der Waals surface area (Å²) in [4.78, 5) is 38.3. The zero-order chi connectivity index (χ0) is 19.9. The number of anilines is 1. The summed E-state index contributed by atoms with van der Waals surface area (Å²) in [5, 5.41) is 3.01. The molecule has 1 aromatic rings. The molecule has 1 saturated carbocycles. The average Bonchev–Trinajstić information content (AvgIpc) is 3.06. The van der Waals surface area contributed by atoms with Gasteiger partial charge in [-0.15, -0.1) is 0 Å². The van der Waals surface area contributed by atoms with E-state index >= 15 is 0 Å². The number of ether oxygens (including phenoxy) is 3. The van der Waals surface area contributed by atoms with Crippen molar-refractivity contribution in [2.75, 3.05) is 25.6 Å². The Morgan fingerprint density at radius 2 is 2.00 bits per heavy atom. The molecule has 1 N–H and O–H groups in total. The zero-order valence-corrected chi connectivity index (χ0v) is 15.7. The molecule has 0 aromatic heterocycles. The maximum absolute atomic E-state index is 12.8. The van der Waals surface area contributed by atoms with E-state index in [1.54, 1.807) is 38.3 Å². The Kier molecular flexibility index (Phi) is 6.98. The molecule has 0 heterocycles. The third kappa shape index (κ3) is 4.30. The van der Waals surface area contributed by atoms with Gasteiger partial charge in [0.2, 0.25) is 0 Å². The van der Waals surface area contributed by atoms with Gasteiger partial charge in [-0.25, -0.2) is 4.79 Å². The first-order valence-electron chi connectivity index (χ1n) is 8.88. The molecule has 1 aromatic carbocycles. The molecule has 2 atom stereocenters. The number of methoxy groups -OCH3 is 1. The molecule has 0 unspecified atom stereocenters. The Morgan fingerprint density at radius 1 is 1.30 bits per heavy atom. The van der Waals surface area contributed by atoms with Gasteiger partial charge in [-0.3, -0.25) is 9.59 Å². The van der Waals surface area contributed by atoms with Gasteiger partial charge in [0.05, 0.1) is 13.7 Å². The van der Waals surface area contributed by atoms with Crippen LogP contribution >= 0.6 is 0 Å². The van der Waals surface area contributed by atoms with Gasteiger partial charge in [0, 0.05) is 12.1 Å². The predicted molar refractivity (Wildman–Crippen MR) is 99.5 cm³/mol. The quantitative estimate of drug-likeness (QED) is 0.403. The molecule has 146 valence electrons. The Morgan fingerprint density at radius 3 is 2.52 bits per heavy atom. The molecule has 7 heteroatoms. The maximum Gasteiger partial charge on any atom is 0.330 e. The highest BCUT2D eigenvalue weighted by Gasteiger charge is 2.58. The molecule has 0 bridgehead atoms. The number of carbonyl (C=O) groups excluding carboxylic acids is 3. The molecule has 0 radical (unpaired) electrons. The van der Waals surface area contributed by atoms with Crippen LogP contribution in [0.4, 0.5) is 5.69 Å². The molecule has 1 aliphatic rings. The number of ketones is 1. The van der Waals surface area contributed by atoms with Gasteiger partial charge in [0.1, 0.15) is 18.4 Å². The summed E-state index contributed by atoms with van der Waals surface area (Å²) in [6, 6.07) is 5.65. The van der Waals surface area contributed by atoms with Crippen LogP contribution in [0.2, 0.25) is 0 Å². The van der Waals surface area contributed by atoms with Crippen LogP contribution in [0.3, 0.4) is 0 Å². The van der Waals surface area contributed by atoms with Crippen LogP contribution in [-0.4, -0.2) is 44.1 Å². The first-order chi connectivity index (χ1) is 13.0. The van der Waals surface area contributed by atoms with Crippen molar-refractivity contribution in [1.29, 1.82) is 0 Å². The van der Waals surface area contributed by atoms with Crippen molar-refractivity contribution < 1.29 is 28.6 Å². The summed E-state index contributed by atoms with van der Waals surface area (Å²) in [5.74, 6) is -1.08. The Bertz CT molecular complexity index is 699. The van der Waals surface area contributed by atoms with E-state index in [1.807, 2.05) is 0 Å². The Hall–Kier alpha value is -2.83. The van der Waals surface area contributed by atoms with Crippen molar-refractivity contribution in [3.63, 3.8) is 0 Å². The number of carbonyl (C=O) groups is 3. The van der Waals surface area contributed by atoms with Crippen LogP contribution in [0.5, 0.6) is 5.75 Å². The van der Waals surface area contributed by atoms with Crippen molar-refractivity contribution in [1.82, 2.24) is 0 Å². The highest BCUT2D eigenvalue weighted by Crippen LogP contribution is 2.41. The number of hydrogen-bond acceptors (Lipinski definition) is 7. The van der Waals surface area contributed by atoms with Crippen molar-refractivity contribution >= 4 is 23.4 Å². The third-order valence-corrected chi connectivity index (χ3v) is 4.59. The number of esters is 2. The molecule has 7 nitrogen and oxygen atoms in total. The third-order valence-electron chi connectivity index (χ3n) is 4.59. The largest absolute Gasteiger partial charge is 0.497 e. The first kappa shape index (κ1) is 20.5. The summed E-state index contributed by atoms with van der Waals surface area (Å²) in [5.41, 5.74) is -1.06. The fourth-order valence-electron chi connectivity index (χ4n) is 3.26. The van der Waals surface area contributed by atoms with Crippen LogP contribution in [0.25, 0.3) is 0 Å². The fraction of sp³-hybridized carbons (Fsp3) is 0.450.